The van der Waals surface area contributed by atoms with Crippen LogP contribution in [0.2, 0.25) is 0 Å². The van der Waals surface area contributed by atoms with Gasteiger partial charge in [0.05, 0.1) is 12.6 Å². The molecule has 96 valence electrons. The summed E-state index contributed by atoms with van der Waals surface area (Å²) in [4.78, 5) is 0. The van der Waals surface area contributed by atoms with Gasteiger partial charge in [0.15, 0.2) is 17.5 Å². The highest BCUT2D eigenvalue weighted by Gasteiger charge is 2.16. The second-order valence-electron chi connectivity index (χ2n) is 3.71. The lowest BCUT2D eigenvalue weighted by Gasteiger charge is -2.17. The number of ether oxygens (including phenoxy) is 1. The second-order valence-corrected chi connectivity index (χ2v) is 3.71. The van der Waals surface area contributed by atoms with E-state index in [9.17, 15) is 13.2 Å². The fourth-order valence-electron chi connectivity index (χ4n) is 1.47. The summed E-state index contributed by atoms with van der Waals surface area (Å²) in [6.07, 6.45) is 0.864. The minimum absolute atomic E-state index is 0.287. The summed E-state index contributed by atoms with van der Waals surface area (Å²) < 4.78 is 44.2. The molecule has 17 heavy (non-hydrogen) atoms. The first-order valence-electron chi connectivity index (χ1n) is 5.49. The summed E-state index contributed by atoms with van der Waals surface area (Å²) in [5.74, 6) is -3.82. The lowest BCUT2D eigenvalue weighted by molar-refractivity contribution is 0.114. The summed E-state index contributed by atoms with van der Waals surface area (Å²) in [7, 11) is 1.65. The monoisotopic (exact) mass is 247 g/mol. The Bertz CT molecular complexity index is 348. The van der Waals surface area contributed by atoms with E-state index in [4.69, 9.17) is 4.74 Å². The van der Waals surface area contributed by atoms with E-state index in [1.54, 1.807) is 7.05 Å². The highest BCUT2D eigenvalue weighted by atomic mass is 19.2. The molecule has 0 radical (unpaired) electrons. The molecule has 5 heteroatoms. The summed E-state index contributed by atoms with van der Waals surface area (Å²) in [5, 5.41) is 2.87. The van der Waals surface area contributed by atoms with Gasteiger partial charge in [0.25, 0.3) is 0 Å². The van der Waals surface area contributed by atoms with Gasteiger partial charge >= 0.3 is 0 Å². The molecule has 0 saturated heterocycles. The normalized spacial score (nSPS) is 12.8. The van der Waals surface area contributed by atoms with Crippen LogP contribution in [0, 0.1) is 17.5 Å². The van der Waals surface area contributed by atoms with Crippen LogP contribution >= 0.6 is 0 Å². The molecule has 0 aromatic heterocycles. The zero-order valence-electron chi connectivity index (χ0n) is 9.90. The van der Waals surface area contributed by atoms with Crippen molar-refractivity contribution in [3.05, 3.63) is 35.1 Å². The van der Waals surface area contributed by atoms with Crippen molar-refractivity contribution < 1.29 is 17.9 Å². The van der Waals surface area contributed by atoms with Crippen LogP contribution in [0.4, 0.5) is 13.2 Å². The number of halogens is 3. The zero-order valence-corrected chi connectivity index (χ0v) is 9.90. The third-order valence-electron chi connectivity index (χ3n) is 2.39. The molecule has 2 nitrogen and oxygen atoms in total. The van der Waals surface area contributed by atoms with Crippen LogP contribution in [0.25, 0.3) is 0 Å². The molecular weight excluding hydrogens is 231 g/mol. The van der Waals surface area contributed by atoms with Gasteiger partial charge in [-0.15, -0.1) is 0 Å². The van der Waals surface area contributed by atoms with Crippen LogP contribution in [-0.2, 0) is 4.74 Å². The standard InChI is InChI=1S/C12H16F3NO/c1-3-4-17-7-11(16-2)8-5-9(13)12(15)10(14)6-8/h5-6,11,16H,3-4,7H2,1-2H3. The van der Waals surface area contributed by atoms with Crippen molar-refractivity contribution in [3.63, 3.8) is 0 Å². The number of benzene rings is 1. The van der Waals surface area contributed by atoms with Gasteiger partial charge in [-0.1, -0.05) is 6.92 Å². The van der Waals surface area contributed by atoms with Crippen LogP contribution in [0.3, 0.4) is 0 Å². The lowest BCUT2D eigenvalue weighted by atomic mass is 10.1. The van der Waals surface area contributed by atoms with Crippen molar-refractivity contribution in [2.75, 3.05) is 20.3 Å². The molecule has 0 bridgehead atoms. The molecule has 1 N–H and O–H groups in total. The predicted octanol–water partition coefficient (Wildman–Crippen LogP) is 2.79. The molecule has 1 rings (SSSR count). The molecule has 0 aliphatic carbocycles. The Morgan fingerprint density at radius 3 is 2.29 bits per heavy atom. The van der Waals surface area contributed by atoms with Gasteiger partial charge in [0.1, 0.15) is 0 Å². The van der Waals surface area contributed by atoms with Crippen molar-refractivity contribution >= 4 is 0 Å². The Balaban J connectivity index is 2.81. The molecule has 0 aliphatic heterocycles. The maximum absolute atomic E-state index is 13.0. The van der Waals surface area contributed by atoms with Gasteiger partial charge in [-0.2, -0.15) is 0 Å². The van der Waals surface area contributed by atoms with Gasteiger partial charge in [-0.25, -0.2) is 13.2 Å². The van der Waals surface area contributed by atoms with E-state index in [2.05, 4.69) is 5.32 Å². The number of nitrogens with one attached hydrogen (secondary N) is 1. The number of rotatable bonds is 6. The molecule has 1 aromatic carbocycles. The van der Waals surface area contributed by atoms with E-state index < -0.39 is 17.5 Å². The summed E-state index contributed by atoms with van der Waals surface area (Å²) >= 11 is 0. The number of hydrogen-bond donors (Lipinski definition) is 1. The van der Waals surface area contributed by atoms with Gasteiger partial charge in [0, 0.05) is 6.61 Å². The Labute approximate surface area is 98.8 Å². The van der Waals surface area contributed by atoms with Crippen LogP contribution < -0.4 is 5.32 Å². The first kappa shape index (κ1) is 14.0. The largest absolute Gasteiger partial charge is 0.379 e. The van der Waals surface area contributed by atoms with Crippen molar-refractivity contribution in [2.24, 2.45) is 0 Å². The minimum Gasteiger partial charge on any atom is -0.379 e. The Morgan fingerprint density at radius 1 is 1.24 bits per heavy atom. The van der Waals surface area contributed by atoms with E-state index in [0.717, 1.165) is 18.6 Å². The molecule has 0 saturated carbocycles. The van der Waals surface area contributed by atoms with Crippen LogP contribution in [0.5, 0.6) is 0 Å². The highest BCUT2D eigenvalue weighted by molar-refractivity contribution is 5.22. The quantitative estimate of drug-likeness (QED) is 0.616. The molecular formula is C12H16F3NO. The average molecular weight is 247 g/mol. The molecule has 1 aromatic rings. The third kappa shape index (κ3) is 3.71. The topological polar surface area (TPSA) is 21.3 Å². The SMILES string of the molecule is CCCOCC(NC)c1cc(F)c(F)c(F)c1. The fraction of sp³-hybridized carbons (Fsp3) is 0.500. The minimum atomic E-state index is -1.45. The lowest BCUT2D eigenvalue weighted by Crippen LogP contribution is -2.22. The summed E-state index contributed by atoms with van der Waals surface area (Å²) in [5.41, 5.74) is 0.333. The van der Waals surface area contributed by atoms with E-state index in [1.165, 1.54) is 0 Å². The molecule has 0 aliphatic rings. The van der Waals surface area contributed by atoms with Gasteiger partial charge < -0.3 is 10.1 Å². The summed E-state index contributed by atoms with van der Waals surface area (Å²) in [6, 6.07) is 1.61. The molecule has 0 fully saturated rings. The molecule has 0 spiro atoms. The fourth-order valence-corrected chi connectivity index (χ4v) is 1.47. The number of likely N-dealkylation sites (N-methyl/N-ethyl adjacent to an activating group) is 1. The second kappa shape index (κ2) is 6.61. The highest BCUT2D eigenvalue weighted by Crippen LogP contribution is 2.19. The van der Waals surface area contributed by atoms with E-state index in [1.807, 2.05) is 6.92 Å². The zero-order chi connectivity index (χ0) is 12.8. The van der Waals surface area contributed by atoms with Crippen molar-refractivity contribution in [3.8, 4) is 0 Å². The smallest absolute Gasteiger partial charge is 0.194 e. The molecule has 0 amide bonds. The Morgan fingerprint density at radius 2 is 1.82 bits per heavy atom. The van der Waals surface area contributed by atoms with Gasteiger partial charge in [-0.05, 0) is 31.2 Å². The summed E-state index contributed by atoms with van der Waals surface area (Å²) in [6.45, 7) is 2.82. The van der Waals surface area contributed by atoms with Crippen LogP contribution in [0.15, 0.2) is 12.1 Å². The van der Waals surface area contributed by atoms with Crippen molar-refractivity contribution in [1.29, 1.82) is 0 Å². The maximum atomic E-state index is 13.0. The maximum Gasteiger partial charge on any atom is 0.194 e. The van der Waals surface area contributed by atoms with E-state index in [0.29, 0.717) is 12.2 Å². The van der Waals surface area contributed by atoms with Crippen molar-refractivity contribution in [2.45, 2.75) is 19.4 Å². The molecule has 1 atom stereocenters. The van der Waals surface area contributed by atoms with Gasteiger partial charge in [0.2, 0.25) is 0 Å². The van der Waals surface area contributed by atoms with Crippen LogP contribution in [-0.4, -0.2) is 20.3 Å². The Kier molecular flexibility index (Phi) is 5.44. The predicted molar refractivity (Wildman–Crippen MR) is 59.2 cm³/mol. The third-order valence-corrected chi connectivity index (χ3v) is 2.39. The van der Waals surface area contributed by atoms with Crippen LogP contribution in [0.1, 0.15) is 24.9 Å². The first-order valence-corrected chi connectivity index (χ1v) is 5.49. The van der Waals surface area contributed by atoms with E-state index >= 15 is 0 Å². The average Bonchev–Trinajstić information content (AvgIpc) is 2.31. The number of hydrogen-bond acceptors (Lipinski definition) is 2. The van der Waals surface area contributed by atoms with Gasteiger partial charge in [-0.3, -0.25) is 0 Å². The Hall–Kier alpha value is -1.07. The molecule has 0 heterocycles. The first-order chi connectivity index (χ1) is 8.10. The molecule has 1 unspecified atom stereocenters. The van der Waals surface area contributed by atoms with E-state index in [-0.39, 0.29) is 12.6 Å². The van der Waals surface area contributed by atoms with Crippen molar-refractivity contribution in [1.82, 2.24) is 5.32 Å².